The lowest BCUT2D eigenvalue weighted by Gasteiger charge is -2.34. The van der Waals surface area contributed by atoms with Crippen LogP contribution in [0.2, 0.25) is 0 Å². The van der Waals surface area contributed by atoms with Crippen LogP contribution in [0.25, 0.3) is 55.3 Å². The first kappa shape index (κ1) is 33.0. The van der Waals surface area contributed by atoms with E-state index in [1.807, 2.05) is 0 Å². The van der Waals surface area contributed by atoms with Crippen molar-refractivity contribution in [3.05, 3.63) is 247 Å². The first-order valence-corrected chi connectivity index (χ1v) is 19.6. The summed E-state index contributed by atoms with van der Waals surface area (Å²) in [5.74, 6) is 0. The van der Waals surface area contributed by atoms with Gasteiger partial charge in [0.25, 0.3) is 0 Å². The summed E-state index contributed by atoms with van der Waals surface area (Å²) >= 11 is 0. The SMILES string of the molecule is c1ccc(-c2ccc(N(c3ccccc3)c3cc(-c4ccc5c(c4)C(c4ccccc4)(c4ccccc4)c4ccccc4-5)c4oc5ccccc5c4c3)cc2)cc1. The smallest absolute Gasteiger partial charge is 0.143 e. The van der Waals surface area contributed by atoms with E-state index >= 15 is 0 Å². The van der Waals surface area contributed by atoms with E-state index in [-0.39, 0.29) is 0 Å². The lowest BCUT2D eigenvalue weighted by molar-refractivity contribution is 0.670. The molecule has 1 heterocycles. The number of benzene rings is 9. The van der Waals surface area contributed by atoms with Crippen LogP contribution in [0.1, 0.15) is 22.3 Å². The molecular formula is C55H37NO. The largest absolute Gasteiger partial charge is 0.455 e. The maximum absolute atomic E-state index is 6.83. The van der Waals surface area contributed by atoms with E-state index in [9.17, 15) is 0 Å². The lowest BCUT2D eigenvalue weighted by atomic mass is 9.67. The van der Waals surface area contributed by atoms with Crippen molar-refractivity contribution in [3.8, 4) is 33.4 Å². The number of rotatable bonds is 7. The van der Waals surface area contributed by atoms with Crippen molar-refractivity contribution in [2.24, 2.45) is 0 Å². The summed E-state index contributed by atoms with van der Waals surface area (Å²) in [5.41, 5.74) is 16.6. The molecule has 268 valence electrons. The Labute approximate surface area is 332 Å². The predicted molar refractivity (Wildman–Crippen MR) is 237 cm³/mol. The van der Waals surface area contributed by atoms with Gasteiger partial charge in [-0.05, 0) is 98.6 Å². The van der Waals surface area contributed by atoms with E-state index in [4.69, 9.17) is 4.42 Å². The van der Waals surface area contributed by atoms with Crippen molar-refractivity contribution < 1.29 is 4.42 Å². The van der Waals surface area contributed by atoms with Crippen LogP contribution >= 0.6 is 0 Å². The van der Waals surface area contributed by atoms with Gasteiger partial charge in [0, 0.05) is 33.4 Å². The molecule has 0 saturated heterocycles. The zero-order valence-electron chi connectivity index (χ0n) is 31.2. The Bertz CT molecular complexity index is 3000. The predicted octanol–water partition coefficient (Wildman–Crippen LogP) is 14.8. The van der Waals surface area contributed by atoms with Gasteiger partial charge in [0.1, 0.15) is 11.2 Å². The first-order valence-electron chi connectivity index (χ1n) is 19.6. The molecule has 0 amide bonds. The van der Waals surface area contributed by atoms with Crippen LogP contribution in [0.3, 0.4) is 0 Å². The van der Waals surface area contributed by atoms with E-state index in [1.165, 1.54) is 44.5 Å². The highest BCUT2D eigenvalue weighted by molar-refractivity contribution is 6.12. The molecule has 0 N–H and O–H groups in total. The Balaban J connectivity index is 1.17. The molecule has 0 fully saturated rings. The third-order valence-corrected chi connectivity index (χ3v) is 11.7. The first-order chi connectivity index (χ1) is 28.3. The molecule has 2 heteroatoms. The number of hydrogen-bond donors (Lipinski definition) is 0. The highest BCUT2D eigenvalue weighted by Gasteiger charge is 2.46. The van der Waals surface area contributed by atoms with Gasteiger partial charge >= 0.3 is 0 Å². The molecule has 9 aromatic carbocycles. The molecule has 0 saturated carbocycles. The summed E-state index contributed by atoms with van der Waals surface area (Å²) < 4.78 is 6.83. The normalized spacial score (nSPS) is 12.7. The number of nitrogens with zero attached hydrogens (tertiary/aromatic N) is 1. The molecule has 57 heavy (non-hydrogen) atoms. The molecule has 0 radical (unpaired) electrons. The fraction of sp³-hybridized carbons (Fsp3) is 0.0182. The summed E-state index contributed by atoms with van der Waals surface area (Å²) in [6, 6.07) is 81.1. The Morgan fingerprint density at radius 1 is 0.333 bits per heavy atom. The quantitative estimate of drug-likeness (QED) is 0.163. The van der Waals surface area contributed by atoms with Gasteiger partial charge in [-0.25, -0.2) is 0 Å². The van der Waals surface area contributed by atoms with Gasteiger partial charge in [-0.3, -0.25) is 0 Å². The van der Waals surface area contributed by atoms with Crippen LogP contribution < -0.4 is 4.90 Å². The van der Waals surface area contributed by atoms with Gasteiger partial charge in [-0.15, -0.1) is 0 Å². The van der Waals surface area contributed by atoms with Gasteiger partial charge in [-0.1, -0.05) is 176 Å². The standard InChI is InChI=1S/C55H37NO/c1-5-17-38(18-6-1)39-29-32-44(33-30-39)56(43-23-11-4-12-24-43)45-36-49(54-50(37-45)48-26-14-16-28-53(48)57-54)40-31-34-47-46-25-13-15-27-51(46)55(52(47)35-40,41-19-7-2-8-20-41)42-21-9-3-10-22-42/h1-37H. The van der Waals surface area contributed by atoms with Crippen LogP contribution in [0.4, 0.5) is 17.1 Å². The maximum atomic E-state index is 6.83. The molecule has 0 atom stereocenters. The molecule has 0 spiro atoms. The van der Waals surface area contributed by atoms with E-state index in [1.54, 1.807) is 0 Å². The molecule has 0 unspecified atom stereocenters. The monoisotopic (exact) mass is 727 g/mol. The van der Waals surface area contributed by atoms with E-state index in [0.717, 1.165) is 50.1 Å². The highest BCUT2D eigenvalue weighted by atomic mass is 16.3. The summed E-state index contributed by atoms with van der Waals surface area (Å²) in [6.07, 6.45) is 0. The minimum Gasteiger partial charge on any atom is -0.455 e. The minimum atomic E-state index is -0.508. The lowest BCUT2D eigenvalue weighted by Crippen LogP contribution is -2.28. The molecule has 2 nitrogen and oxygen atoms in total. The average Bonchev–Trinajstić information content (AvgIpc) is 3.81. The fourth-order valence-corrected chi connectivity index (χ4v) is 9.23. The molecule has 0 aliphatic heterocycles. The Kier molecular flexibility index (Phi) is 7.75. The van der Waals surface area contributed by atoms with Gasteiger partial charge in [0.2, 0.25) is 0 Å². The summed E-state index contributed by atoms with van der Waals surface area (Å²) in [7, 11) is 0. The second-order valence-corrected chi connectivity index (χ2v) is 14.8. The number of fused-ring (bicyclic) bond motifs is 6. The molecule has 1 aliphatic rings. The zero-order chi connectivity index (χ0) is 37.8. The minimum absolute atomic E-state index is 0.508. The van der Waals surface area contributed by atoms with E-state index in [0.29, 0.717) is 0 Å². The van der Waals surface area contributed by atoms with E-state index < -0.39 is 5.41 Å². The maximum Gasteiger partial charge on any atom is 0.143 e. The Morgan fingerprint density at radius 2 is 0.877 bits per heavy atom. The number of furan rings is 1. The van der Waals surface area contributed by atoms with Crippen molar-refractivity contribution in [3.63, 3.8) is 0 Å². The molecular weight excluding hydrogens is 691 g/mol. The molecule has 11 rings (SSSR count). The van der Waals surface area contributed by atoms with Crippen molar-refractivity contribution in [1.82, 2.24) is 0 Å². The van der Waals surface area contributed by atoms with Gasteiger partial charge in [0.05, 0.1) is 5.41 Å². The average molecular weight is 728 g/mol. The third-order valence-electron chi connectivity index (χ3n) is 11.7. The van der Waals surface area contributed by atoms with Crippen LogP contribution in [-0.4, -0.2) is 0 Å². The third kappa shape index (κ3) is 5.26. The molecule has 1 aliphatic carbocycles. The van der Waals surface area contributed by atoms with Crippen LogP contribution in [0.15, 0.2) is 229 Å². The van der Waals surface area contributed by atoms with Crippen LogP contribution in [0, 0.1) is 0 Å². The van der Waals surface area contributed by atoms with E-state index in [2.05, 4.69) is 229 Å². The summed E-state index contributed by atoms with van der Waals surface area (Å²) in [4.78, 5) is 2.36. The Morgan fingerprint density at radius 3 is 1.60 bits per heavy atom. The fourth-order valence-electron chi connectivity index (χ4n) is 9.23. The highest BCUT2D eigenvalue weighted by Crippen LogP contribution is 2.57. The number of para-hydroxylation sites is 2. The van der Waals surface area contributed by atoms with Crippen LogP contribution in [0.5, 0.6) is 0 Å². The van der Waals surface area contributed by atoms with Crippen molar-refractivity contribution in [2.75, 3.05) is 4.90 Å². The molecule has 1 aromatic heterocycles. The second kappa shape index (κ2) is 13.4. The van der Waals surface area contributed by atoms with Gasteiger partial charge < -0.3 is 9.32 Å². The number of hydrogen-bond acceptors (Lipinski definition) is 2. The van der Waals surface area contributed by atoms with Crippen LogP contribution in [-0.2, 0) is 5.41 Å². The van der Waals surface area contributed by atoms with Gasteiger partial charge in [0.15, 0.2) is 0 Å². The van der Waals surface area contributed by atoms with Crippen molar-refractivity contribution >= 4 is 39.0 Å². The zero-order valence-corrected chi connectivity index (χ0v) is 31.2. The summed E-state index contributed by atoms with van der Waals surface area (Å²) in [5, 5.41) is 2.18. The number of anilines is 3. The second-order valence-electron chi connectivity index (χ2n) is 14.8. The topological polar surface area (TPSA) is 16.4 Å². The van der Waals surface area contributed by atoms with Crippen molar-refractivity contribution in [1.29, 1.82) is 0 Å². The molecule has 10 aromatic rings. The summed E-state index contributed by atoms with van der Waals surface area (Å²) in [6.45, 7) is 0. The molecule has 0 bridgehead atoms. The van der Waals surface area contributed by atoms with Crippen molar-refractivity contribution in [2.45, 2.75) is 5.41 Å². The van der Waals surface area contributed by atoms with Gasteiger partial charge in [-0.2, -0.15) is 0 Å². The Hall–Kier alpha value is -7.42.